The molecule has 0 saturated heterocycles. The van der Waals surface area contributed by atoms with Crippen LogP contribution in [0.4, 0.5) is 8.78 Å². The van der Waals surface area contributed by atoms with E-state index in [2.05, 4.69) is 4.74 Å². The van der Waals surface area contributed by atoms with E-state index in [1.54, 1.807) is 12.1 Å². The molecule has 0 unspecified atom stereocenters. The van der Waals surface area contributed by atoms with Gasteiger partial charge in [0, 0.05) is 0 Å². The molecule has 0 aliphatic carbocycles. The van der Waals surface area contributed by atoms with E-state index < -0.39 is 6.61 Å². The molecule has 2 N–H and O–H groups in total. The Labute approximate surface area is 110 Å². The molecule has 0 aliphatic rings. The highest BCUT2D eigenvalue weighted by Gasteiger charge is 2.17. The minimum absolute atomic E-state index is 0. The molecular weight excluding hydrogens is 268 g/mol. The van der Waals surface area contributed by atoms with Gasteiger partial charge in [0.05, 0.1) is 14.2 Å². The summed E-state index contributed by atoms with van der Waals surface area (Å²) >= 11 is 0. The van der Waals surface area contributed by atoms with Crippen molar-refractivity contribution in [3.8, 4) is 17.2 Å². The summed E-state index contributed by atoms with van der Waals surface area (Å²) in [5.41, 5.74) is 6.27. The molecule has 7 heteroatoms. The minimum atomic E-state index is -2.93. The summed E-state index contributed by atoms with van der Waals surface area (Å²) in [6.45, 7) is -2.49. The zero-order valence-corrected chi connectivity index (χ0v) is 10.9. The van der Waals surface area contributed by atoms with E-state index in [1.165, 1.54) is 14.2 Å². The van der Waals surface area contributed by atoms with Gasteiger partial charge in [0.1, 0.15) is 0 Å². The van der Waals surface area contributed by atoms with Gasteiger partial charge in [-0.3, -0.25) is 0 Å². The van der Waals surface area contributed by atoms with Gasteiger partial charge in [0.15, 0.2) is 11.5 Å². The third-order valence-electron chi connectivity index (χ3n) is 2.16. The van der Waals surface area contributed by atoms with Gasteiger partial charge in [0.25, 0.3) is 0 Å². The standard InChI is InChI=1S/C11H15F2NO3.ClH/c1-15-8-5-7(3-4-14)6-9(16-2)10(8)17-11(12)13;/h5-6,11H,3-4,14H2,1-2H3;1H. The van der Waals surface area contributed by atoms with Crippen LogP contribution in [0.15, 0.2) is 12.1 Å². The number of halogens is 3. The molecule has 1 aromatic carbocycles. The van der Waals surface area contributed by atoms with Crippen LogP contribution in [0, 0.1) is 0 Å². The van der Waals surface area contributed by atoms with Crippen LogP contribution in [0.2, 0.25) is 0 Å². The molecule has 0 radical (unpaired) electrons. The molecule has 0 aromatic heterocycles. The van der Waals surface area contributed by atoms with Gasteiger partial charge in [-0.1, -0.05) is 0 Å². The maximum absolute atomic E-state index is 12.2. The average Bonchev–Trinajstić information content (AvgIpc) is 2.30. The van der Waals surface area contributed by atoms with E-state index in [0.29, 0.717) is 13.0 Å². The van der Waals surface area contributed by atoms with E-state index in [1.807, 2.05) is 0 Å². The Morgan fingerprint density at radius 2 is 1.67 bits per heavy atom. The van der Waals surface area contributed by atoms with E-state index in [9.17, 15) is 8.78 Å². The zero-order valence-electron chi connectivity index (χ0n) is 10.1. The molecular formula is C11H16ClF2NO3. The number of hydrogen-bond donors (Lipinski definition) is 1. The topological polar surface area (TPSA) is 53.7 Å². The summed E-state index contributed by atoms with van der Waals surface area (Å²) in [7, 11) is 2.75. The molecule has 1 aromatic rings. The molecule has 0 spiro atoms. The first-order chi connectivity index (χ1) is 8.12. The van der Waals surface area contributed by atoms with Crippen LogP contribution in [-0.4, -0.2) is 27.4 Å². The van der Waals surface area contributed by atoms with E-state index >= 15 is 0 Å². The fourth-order valence-corrected chi connectivity index (χ4v) is 1.45. The maximum Gasteiger partial charge on any atom is 0.387 e. The number of alkyl halides is 2. The van der Waals surface area contributed by atoms with Crippen LogP contribution in [0.3, 0.4) is 0 Å². The highest BCUT2D eigenvalue weighted by Crippen LogP contribution is 2.39. The summed E-state index contributed by atoms with van der Waals surface area (Å²) in [6.07, 6.45) is 0.599. The summed E-state index contributed by atoms with van der Waals surface area (Å²) < 4.78 is 38.9. The summed E-state index contributed by atoms with van der Waals surface area (Å²) in [6, 6.07) is 3.21. The molecule has 0 saturated carbocycles. The largest absolute Gasteiger partial charge is 0.493 e. The smallest absolute Gasteiger partial charge is 0.387 e. The third-order valence-corrected chi connectivity index (χ3v) is 2.16. The van der Waals surface area contributed by atoms with Crippen molar-refractivity contribution in [2.45, 2.75) is 13.0 Å². The monoisotopic (exact) mass is 283 g/mol. The third kappa shape index (κ3) is 4.19. The Morgan fingerprint density at radius 3 is 2.00 bits per heavy atom. The van der Waals surface area contributed by atoms with Crippen molar-refractivity contribution in [1.82, 2.24) is 0 Å². The second-order valence-electron chi connectivity index (χ2n) is 3.25. The van der Waals surface area contributed by atoms with E-state index in [0.717, 1.165) is 5.56 Å². The lowest BCUT2D eigenvalue weighted by Gasteiger charge is -2.15. The lowest BCUT2D eigenvalue weighted by molar-refractivity contribution is -0.0526. The van der Waals surface area contributed by atoms with E-state index in [-0.39, 0.29) is 29.7 Å². The Bertz CT molecular complexity index is 352. The normalized spacial score (nSPS) is 9.89. The van der Waals surface area contributed by atoms with Gasteiger partial charge in [-0.25, -0.2) is 0 Å². The number of ether oxygens (including phenoxy) is 3. The van der Waals surface area contributed by atoms with Crippen molar-refractivity contribution in [2.24, 2.45) is 5.73 Å². The summed E-state index contributed by atoms with van der Waals surface area (Å²) in [5.74, 6) is 0.298. The molecule has 0 atom stereocenters. The Balaban J connectivity index is 0.00000289. The number of rotatable bonds is 6. The maximum atomic E-state index is 12.2. The van der Waals surface area contributed by atoms with Crippen LogP contribution in [0.5, 0.6) is 17.2 Å². The van der Waals surface area contributed by atoms with Gasteiger partial charge < -0.3 is 19.9 Å². The van der Waals surface area contributed by atoms with Gasteiger partial charge in [0.2, 0.25) is 5.75 Å². The molecule has 104 valence electrons. The summed E-state index contributed by atoms with van der Waals surface area (Å²) in [4.78, 5) is 0. The molecule has 18 heavy (non-hydrogen) atoms. The van der Waals surface area contributed by atoms with Crippen LogP contribution in [-0.2, 0) is 6.42 Å². The second kappa shape index (κ2) is 7.94. The predicted octanol–water partition coefficient (Wildman–Crippen LogP) is 2.23. The quantitative estimate of drug-likeness (QED) is 0.870. The summed E-state index contributed by atoms with van der Waals surface area (Å²) in [5, 5.41) is 0. The molecule has 1 rings (SSSR count). The lowest BCUT2D eigenvalue weighted by atomic mass is 10.1. The first-order valence-corrected chi connectivity index (χ1v) is 5.02. The highest BCUT2D eigenvalue weighted by molar-refractivity contribution is 5.85. The van der Waals surface area contributed by atoms with Crippen molar-refractivity contribution >= 4 is 12.4 Å². The second-order valence-corrected chi connectivity index (χ2v) is 3.25. The Morgan fingerprint density at radius 1 is 1.17 bits per heavy atom. The number of nitrogens with two attached hydrogens (primary N) is 1. The molecule has 0 amide bonds. The van der Waals surface area contributed by atoms with E-state index in [4.69, 9.17) is 15.2 Å². The minimum Gasteiger partial charge on any atom is -0.493 e. The Kier molecular flexibility index (Phi) is 7.38. The SMILES string of the molecule is COc1cc(CCN)cc(OC)c1OC(F)F.Cl. The first-order valence-electron chi connectivity index (χ1n) is 5.02. The molecule has 0 fully saturated rings. The molecule has 0 heterocycles. The van der Waals surface area contributed by atoms with Gasteiger partial charge >= 0.3 is 6.61 Å². The fraction of sp³-hybridized carbons (Fsp3) is 0.455. The lowest BCUT2D eigenvalue weighted by Crippen LogP contribution is -2.07. The molecule has 4 nitrogen and oxygen atoms in total. The number of methoxy groups -OCH3 is 2. The zero-order chi connectivity index (χ0) is 12.8. The molecule has 0 bridgehead atoms. The van der Waals surface area contributed by atoms with Gasteiger partial charge in [-0.05, 0) is 30.7 Å². The van der Waals surface area contributed by atoms with Crippen LogP contribution < -0.4 is 19.9 Å². The van der Waals surface area contributed by atoms with Crippen molar-refractivity contribution < 1.29 is 23.0 Å². The number of hydrogen-bond acceptors (Lipinski definition) is 4. The van der Waals surface area contributed by atoms with Crippen LogP contribution >= 0.6 is 12.4 Å². The molecule has 0 aliphatic heterocycles. The highest BCUT2D eigenvalue weighted by atomic mass is 35.5. The van der Waals surface area contributed by atoms with Crippen molar-refractivity contribution in [2.75, 3.05) is 20.8 Å². The van der Waals surface area contributed by atoms with Crippen LogP contribution in [0.1, 0.15) is 5.56 Å². The fourth-order valence-electron chi connectivity index (χ4n) is 1.45. The van der Waals surface area contributed by atoms with Crippen LogP contribution in [0.25, 0.3) is 0 Å². The van der Waals surface area contributed by atoms with Crippen molar-refractivity contribution in [3.63, 3.8) is 0 Å². The van der Waals surface area contributed by atoms with Crippen molar-refractivity contribution in [3.05, 3.63) is 17.7 Å². The average molecular weight is 284 g/mol. The Hall–Kier alpha value is -1.27. The van der Waals surface area contributed by atoms with Gasteiger partial charge in [-0.2, -0.15) is 8.78 Å². The predicted molar refractivity (Wildman–Crippen MR) is 66.2 cm³/mol. The first kappa shape index (κ1) is 16.7. The van der Waals surface area contributed by atoms with Gasteiger partial charge in [-0.15, -0.1) is 12.4 Å². The van der Waals surface area contributed by atoms with Crippen molar-refractivity contribution in [1.29, 1.82) is 0 Å². The number of benzene rings is 1.